The maximum atomic E-state index is 11.8. The van der Waals surface area contributed by atoms with Crippen LogP contribution in [0.25, 0.3) is 0 Å². The molecule has 0 spiro atoms. The number of hydrogen-bond donors (Lipinski definition) is 1. The Bertz CT molecular complexity index is 822. The van der Waals surface area contributed by atoms with Crippen molar-refractivity contribution in [2.75, 3.05) is 12.3 Å². The fourth-order valence-corrected chi connectivity index (χ4v) is 3.16. The molecule has 1 aromatic carbocycles. The van der Waals surface area contributed by atoms with Crippen LogP contribution in [0.3, 0.4) is 0 Å². The van der Waals surface area contributed by atoms with Crippen molar-refractivity contribution in [2.45, 2.75) is 17.7 Å². The Hall–Kier alpha value is -1.94. The summed E-state index contributed by atoms with van der Waals surface area (Å²) in [6.45, 7) is 1.93. The Labute approximate surface area is 153 Å². The predicted molar refractivity (Wildman–Crippen MR) is 94.1 cm³/mol. The third-order valence-corrected chi connectivity index (χ3v) is 4.88. The number of aromatic nitrogens is 1. The maximum absolute atomic E-state index is 11.8. The SMILES string of the molecule is CCOC(=O)c1cc(C#N)c(SCc2ccc(Cl)c(Cl)c2)[nH+]c1N. The van der Waals surface area contributed by atoms with Crippen molar-refractivity contribution in [3.8, 4) is 6.07 Å². The minimum Gasteiger partial charge on any atom is -0.462 e. The van der Waals surface area contributed by atoms with E-state index < -0.39 is 5.97 Å². The lowest BCUT2D eigenvalue weighted by Crippen LogP contribution is -2.21. The number of nitrogens with zero attached hydrogens (tertiary/aromatic N) is 1. The van der Waals surface area contributed by atoms with E-state index in [1.165, 1.54) is 17.8 Å². The van der Waals surface area contributed by atoms with Gasteiger partial charge in [-0.25, -0.2) is 9.78 Å². The standard InChI is InChI=1S/C16H13Cl2N3O2S/c1-2-23-16(22)11-6-10(7-19)15(21-14(11)20)24-8-9-3-4-12(17)13(18)5-9/h3-6H,2,8H2,1H3,(H2,20,21)/p+1. The van der Waals surface area contributed by atoms with Gasteiger partial charge in [0.2, 0.25) is 0 Å². The number of aromatic amines is 1. The second kappa shape index (κ2) is 8.25. The molecule has 5 nitrogen and oxygen atoms in total. The summed E-state index contributed by atoms with van der Waals surface area (Å²) >= 11 is 13.3. The van der Waals surface area contributed by atoms with Gasteiger partial charge in [0.1, 0.15) is 17.2 Å². The van der Waals surface area contributed by atoms with Crippen LogP contribution >= 0.6 is 35.0 Å². The normalized spacial score (nSPS) is 10.2. The first-order valence-corrected chi connectivity index (χ1v) is 8.70. The van der Waals surface area contributed by atoms with Crippen LogP contribution in [0.4, 0.5) is 5.82 Å². The van der Waals surface area contributed by atoms with Gasteiger partial charge in [0.15, 0.2) is 5.03 Å². The molecule has 24 heavy (non-hydrogen) atoms. The molecular weight excluding hydrogens is 369 g/mol. The minimum atomic E-state index is -0.566. The number of nitrogens with one attached hydrogen (secondary N) is 1. The predicted octanol–water partition coefficient (Wildman–Crippen LogP) is 3.73. The number of benzene rings is 1. The molecular formula is C16H14Cl2N3O2S+. The summed E-state index contributed by atoms with van der Waals surface area (Å²) < 4.78 is 4.92. The van der Waals surface area contributed by atoms with Gasteiger partial charge in [-0.2, -0.15) is 5.26 Å². The number of nitrogens with two attached hydrogens (primary N) is 1. The molecule has 0 aliphatic carbocycles. The van der Waals surface area contributed by atoms with E-state index in [2.05, 4.69) is 11.1 Å². The van der Waals surface area contributed by atoms with Gasteiger partial charge < -0.3 is 4.74 Å². The van der Waals surface area contributed by atoms with Crippen molar-refractivity contribution in [3.63, 3.8) is 0 Å². The van der Waals surface area contributed by atoms with E-state index in [0.29, 0.717) is 26.4 Å². The van der Waals surface area contributed by atoms with Crippen LogP contribution in [0.1, 0.15) is 28.4 Å². The second-order valence-corrected chi connectivity index (χ2v) is 6.51. The van der Waals surface area contributed by atoms with Gasteiger partial charge in [0.25, 0.3) is 5.82 Å². The minimum absolute atomic E-state index is 0.146. The lowest BCUT2D eigenvalue weighted by molar-refractivity contribution is -0.410. The average molecular weight is 383 g/mol. The van der Waals surface area contributed by atoms with E-state index >= 15 is 0 Å². The third-order valence-electron chi connectivity index (χ3n) is 3.05. The molecule has 0 aliphatic heterocycles. The molecule has 0 unspecified atom stereocenters. The summed E-state index contributed by atoms with van der Waals surface area (Å²) in [4.78, 5) is 14.7. The van der Waals surface area contributed by atoms with Crippen LogP contribution in [0.15, 0.2) is 29.3 Å². The van der Waals surface area contributed by atoms with Crippen LogP contribution in [0, 0.1) is 11.3 Å². The van der Waals surface area contributed by atoms with Crippen LogP contribution in [0.5, 0.6) is 0 Å². The highest BCUT2D eigenvalue weighted by Crippen LogP contribution is 2.28. The molecule has 0 fully saturated rings. The lowest BCUT2D eigenvalue weighted by atomic mass is 10.2. The first kappa shape index (κ1) is 18.4. The number of H-pyrrole nitrogens is 1. The number of pyridine rings is 1. The van der Waals surface area contributed by atoms with Gasteiger partial charge in [-0.3, -0.25) is 5.73 Å². The molecule has 0 saturated heterocycles. The van der Waals surface area contributed by atoms with Crippen LogP contribution in [-0.4, -0.2) is 12.6 Å². The topological polar surface area (TPSA) is 90.2 Å². The molecule has 0 radical (unpaired) electrons. The van der Waals surface area contributed by atoms with Crippen molar-refractivity contribution in [3.05, 3.63) is 51.0 Å². The van der Waals surface area contributed by atoms with E-state index in [0.717, 1.165) is 5.56 Å². The highest BCUT2D eigenvalue weighted by Gasteiger charge is 2.21. The molecule has 0 atom stereocenters. The Balaban J connectivity index is 2.24. The second-order valence-electron chi connectivity index (χ2n) is 4.71. The average Bonchev–Trinajstić information content (AvgIpc) is 2.56. The first-order valence-electron chi connectivity index (χ1n) is 6.96. The molecule has 0 saturated carbocycles. The molecule has 8 heteroatoms. The van der Waals surface area contributed by atoms with E-state index in [4.69, 9.17) is 33.7 Å². The number of carbonyl (C=O) groups excluding carboxylic acids is 1. The highest BCUT2D eigenvalue weighted by atomic mass is 35.5. The Kier molecular flexibility index (Phi) is 6.32. The molecule has 1 aromatic heterocycles. The molecule has 1 heterocycles. The molecule has 2 aromatic rings. The molecule has 2 rings (SSSR count). The van der Waals surface area contributed by atoms with Crippen molar-refractivity contribution in [1.29, 1.82) is 5.26 Å². The largest absolute Gasteiger partial charge is 0.462 e. The lowest BCUT2D eigenvalue weighted by Gasteiger charge is -2.06. The number of nitriles is 1. The van der Waals surface area contributed by atoms with Crippen molar-refractivity contribution in [1.82, 2.24) is 0 Å². The highest BCUT2D eigenvalue weighted by molar-refractivity contribution is 7.98. The van der Waals surface area contributed by atoms with Crippen molar-refractivity contribution in [2.24, 2.45) is 0 Å². The smallest absolute Gasteiger partial charge is 0.346 e. The van der Waals surface area contributed by atoms with Crippen LogP contribution in [-0.2, 0) is 10.5 Å². The van der Waals surface area contributed by atoms with Gasteiger partial charge in [-0.05, 0) is 30.7 Å². The van der Waals surface area contributed by atoms with E-state index in [1.54, 1.807) is 19.1 Å². The summed E-state index contributed by atoms with van der Waals surface area (Å²) in [6, 6.07) is 8.82. The van der Waals surface area contributed by atoms with E-state index in [1.807, 2.05) is 6.07 Å². The summed E-state index contributed by atoms with van der Waals surface area (Å²) in [6.07, 6.45) is 0. The van der Waals surface area contributed by atoms with Crippen molar-refractivity contribution >= 4 is 46.8 Å². The summed E-state index contributed by atoms with van der Waals surface area (Å²) in [5, 5.41) is 10.8. The number of hydrogen-bond acceptors (Lipinski definition) is 5. The van der Waals surface area contributed by atoms with Crippen LogP contribution in [0.2, 0.25) is 10.0 Å². The quantitative estimate of drug-likeness (QED) is 0.628. The molecule has 0 aliphatic rings. The number of thioether (sulfide) groups is 1. The van der Waals surface area contributed by atoms with Gasteiger partial charge >= 0.3 is 5.97 Å². The molecule has 124 valence electrons. The molecule has 0 bridgehead atoms. The zero-order chi connectivity index (χ0) is 17.7. The monoisotopic (exact) mass is 382 g/mol. The number of esters is 1. The summed E-state index contributed by atoms with van der Waals surface area (Å²) in [7, 11) is 0. The zero-order valence-electron chi connectivity index (χ0n) is 12.7. The van der Waals surface area contributed by atoms with Gasteiger partial charge in [0, 0.05) is 5.75 Å². The number of rotatable bonds is 5. The maximum Gasteiger partial charge on any atom is 0.346 e. The van der Waals surface area contributed by atoms with Gasteiger partial charge in [0.05, 0.1) is 16.7 Å². The Morgan fingerprint density at radius 2 is 2.12 bits per heavy atom. The summed E-state index contributed by atoms with van der Waals surface area (Å²) in [5.74, 6) is 0.146. The fraction of sp³-hybridized carbons (Fsp3) is 0.188. The number of nitrogen functional groups attached to an aromatic ring is 1. The van der Waals surface area contributed by atoms with Gasteiger partial charge in [-0.1, -0.05) is 41.0 Å². The van der Waals surface area contributed by atoms with E-state index in [-0.39, 0.29) is 18.0 Å². The fourth-order valence-electron chi connectivity index (χ4n) is 1.90. The zero-order valence-corrected chi connectivity index (χ0v) is 15.1. The molecule has 3 N–H and O–H groups in total. The number of carbonyl (C=O) groups is 1. The Morgan fingerprint density at radius 1 is 1.38 bits per heavy atom. The number of anilines is 1. The third kappa shape index (κ3) is 4.32. The van der Waals surface area contributed by atoms with Gasteiger partial charge in [-0.15, -0.1) is 0 Å². The van der Waals surface area contributed by atoms with E-state index in [9.17, 15) is 10.1 Å². The Morgan fingerprint density at radius 3 is 2.75 bits per heavy atom. The number of halogens is 2. The first-order chi connectivity index (χ1) is 11.5. The van der Waals surface area contributed by atoms with Crippen LogP contribution < -0.4 is 10.7 Å². The molecule has 0 amide bonds. The summed E-state index contributed by atoms with van der Waals surface area (Å²) in [5.41, 5.74) is 7.28. The number of ether oxygens (including phenoxy) is 1. The van der Waals surface area contributed by atoms with Crippen molar-refractivity contribution < 1.29 is 14.5 Å².